The van der Waals surface area contributed by atoms with Gasteiger partial charge in [0.25, 0.3) is 5.56 Å². The number of amides is 1. The van der Waals surface area contributed by atoms with Crippen LogP contribution in [0.3, 0.4) is 0 Å². The number of nitrogens with one attached hydrogen (secondary N) is 1. The highest BCUT2D eigenvalue weighted by Crippen LogP contribution is 2.07. The maximum atomic E-state index is 11.7. The molecule has 6 heteroatoms. The van der Waals surface area contributed by atoms with Crippen molar-refractivity contribution >= 4 is 5.91 Å². The van der Waals surface area contributed by atoms with E-state index >= 15 is 0 Å². The molecule has 16 heavy (non-hydrogen) atoms. The summed E-state index contributed by atoms with van der Waals surface area (Å²) in [5, 5.41) is 0. The highest BCUT2D eigenvalue weighted by Gasteiger charge is 2.18. The summed E-state index contributed by atoms with van der Waals surface area (Å²) in [6.07, 6.45) is 3.26. The van der Waals surface area contributed by atoms with Crippen molar-refractivity contribution in [3.63, 3.8) is 0 Å². The molecule has 1 saturated heterocycles. The maximum Gasteiger partial charge on any atom is 0.328 e. The van der Waals surface area contributed by atoms with E-state index in [2.05, 4.69) is 4.98 Å². The van der Waals surface area contributed by atoms with Gasteiger partial charge in [0.05, 0.1) is 0 Å². The molecule has 2 heterocycles. The second-order valence-corrected chi connectivity index (χ2v) is 3.80. The number of aromatic nitrogens is 2. The minimum absolute atomic E-state index is 0.170. The Kier molecular flexibility index (Phi) is 2.89. The fourth-order valence-corrected chi connectivity index (χ4v) is 1.80. The minimum Gasteiger partial charge on any atom is -0.341 e. The van der Waals surface area contributed by atoms with Gasteiger partial charge in [-0.05, 0) is 12.8 Å². The van der Waals surface area contributed by atoms with Gasteiger partial charge in [0.1, 0.15) is 6.54 Å². The van der Waals surface area contributed by atoms with Crippen molar-refractivity contribution in [2.75, 3.05) is 13.1 Å². The molecule has 0 aromatic carbocycles. The average molecular weight is 223 g/mol. The summed E-state index contributed by atoms with van der Waals surface area (Å²) in [6.45, 7) is 1.27. The molecule has 1 aromatic rings. The first kappa shape index (κ1) is 10.7. The van der Waals surface area contributed by atoms with E-state index in [9.17, 15) is 14.4 Å². The third kappa shape index (κ3) is 2.05. The molecule has 1 fully saturated rings. The zero-order valence-electron chi connectivity index (χ0n) is 8.81. The Labute approximate surface area is 91.5 Å². The number of likely N-dealkylation sites (tertiary alicyclic amines) is 1. The first-order valence-electron chi connectivity index (χ1n) is 5.25. The van der Waals surface area contributed by atoms with Crippen LogP contribution in [0, 0.1) is 0 Å². The van der Waals surface area contributed by atoms with Gasteiger partial charge in [-0.2, -0.15) is 0 Å². The summed E-state index contributed by atoms with van der Waals surface area (Å²) in [5.74, 6) is -0.170. The van der Waals surface area contributed by atoms with Crippen LogP contribution in [0.15, 0.2) is 21.9 Å². The lowest BCUT2D eigenvalue weighted by Gasteiger charge is -2.15. The van der Waals surface area contributed by atoms with Crippen LogP contribution in [-0.2, 0) is 11.3 Å². The third-order valence-corrected chi connectivity index (χ3v) is 2.70. The zero-order chi connectivity index (χ0) is 11.5. The smallest absolute Gasteiger partial charge is 0.328 e. The second-order valence-electron chi connectivity index (χ2n) is 3.80. The maximum absolute atomic E-state index is 11.7. The van der Waals surface area contributed by atoms with E-state index in [0.717, 1.165) is 30.5 Å². The highest BCUT2D eigenvalue weighted by molar-refractivity contribution is 5.76. The number of aromatic amines is 1. The standard InChI is InChI=1S/C10H13N3O3/c14-8-3-4-11-10(16)13(8)7-9(15)12-5-1-2-6-12/h3-4H,1-2,5-7H2,(H,11,16). The quantitative estimate of drug-likeness (QED) is 0.710. The number of H-pyrrole nitrogens is 1. The predicted molar refractivity (Wildman–Crippen MR) is 57.1 cm³/mol. The molecular formula is C10H13N3O3. The first-order valence-corrected chi connectivity index (χ1v) is 5.25. The lowest BCUT2D eigenvalue weighted by molar-refractivity contribution is -0.130. The van der Waals surface area contributed by atoms with Gasteiger partial charge >= 0.3 is 5.69 Å². The van der Waals surface area contributed by atoms with E-state index in [1.54, 1.807) is 4.90 Å². The van der Waals surface area contributed by atoms with E-state index < -0.39 is 11.2 Å². The molecule has 1 amide bonds. The van der Waals surface area contributed by atoms with Gasteiger partial charge in [-0.15, -0.1) is 0 Å². The summed E-state index contributed by atoms with van der Waals surface area (Å²) in [7, 11) is 0. The molecule has 0 bridgehead atoms. The predicted octanol–water partition coefficient (Wildman–Crippen LogP) is -0.841. The number of hydrogen-bond acceptors (Lipinski definition) is 3. The van der Waals surface area contributed by atoms with Gasteiger partial charge < -0.3 is 9.88 Å². The van der Waals surface area contributed by atoms with Crippen molar-refractivity contribution in [1.29, 1.82) is 0 Å². The average Bonchev–Trinajstić information content (AvgIpc) is 2.76. The Hall–Kier alpha value is -1.85. The van der Waals surface area contributed by atoms with Gasteiger partial charge in [0.15, 0.2) is 0 Å². The molecule has 0 atom stereocenters. The molecule has 1 N–H and O–H groups in total. The summed E-state index contributed by atoms with van der Waals surface area (Å²) >= 11 is 0. The lowest BCUT2D eigenvalue weighted by Crippen LogP contribution is -2.40. The van der Waals surface area contributed by atoms with E-state index in [4.69, 9.17) is 0 Å². The van der Waals surface area contributed by atoms with Crippen LogP contribution < -0.4 is 11.2 Å². The molecular weight excluding hydrogens is 210 g/mol. The molecule has 1 aliphatic heterocycles. The SMILES string of the molecule is O=C(Cn1c(=O)cc[nH]c1=O)N1CCCC1. The van der Waals surface area contributed by atoms with Crippen molar-refractivity contribution in [3.05, 3.63) is 33.1 Å². The van der Waals surface area contributed by atoms with Crippen LogP contribution in [0.5, 0.6) is 0 Å². The molecule has 1 aliphatic rings. The number of carbonyl (C=O) groups excluding carboxylic acids is 1. The van der Waals surface area contributed by atoms with Crippen molar-refractivity contribution < 1.29 is 4.79 Å². The fourth-order valence-electron chi connectivity index (χ4n) is 1.80. The molecule has 0 spiro atoms. The molecule has 2 rings (SSSR count). The van der Waals surface area contributed by atoms with Crippen molar-refractivity contribution in [3.8, 4) is 0 Å². The molecule has 0 saturated carbocycles. The van der Waals surface area contributed by atoms with Gasteiger partial charge in [-0.1, -0.05) is 0 Å². The molecule has 0 aliphatic carbocycles. The van der Waals surface area contributed by atoms with Crippen LogP contribution in [0.25, 0.3) is 0 Å². The summed E-state index contributed by atoms with van der Waals surface area (Å²) in [6, 6.07) is 1.23. The van der Waals surface area contributed by atoms with E-state index in [-0.39, 0.29) is 12.5 Å². The van der Waals surface area contributed by atoms with Gasteiger partial charge in [-0.3, -0.25) is 14.2 Å². The normalized spacial score (nSPS) is 15.4. The van der Waals surface area contributed by atoms with E-state index in [0.29, 0.717) is 0 Å². The topological polar surface area (TPSA) is 75.2 Å². The highest BCUT2D eigenvalue weighted by atomic mass is 16.2. The van der Waals surface area contributed by atoms with Crippen molar-refractivity contribution in [1.82, 2.24) is 14.5 Å². The lowest BCUT2D eigenvalue weighted by atomic mass is 10.4. The molecule has 6 nitrogen and oxygen atoms in total. The third-order valence-electron chi connectivity index (χ3n) is 2.70. The number of rotatable bonds is 2. The van der Waals surface area contributed by atoms with E-state index in [1.165, 1.54) is 12.3 Å². The van der Waals surface area contributed by atoms with Gasteiger partial charge in [0.2, 0.25) is 5.91 Å². The van der Waals surface area contributed by atoms with Crippen LogP contribution in [-0.4, -0.2) is 33.4 Å². The van der Waals surface area contributed by atoms with Gasteiger partial charge in [0, 0.05) is 25.4 Å². The molecule has 1 aromatic heterocycles. The van der Waals surface area contributed by atoms with Gasteiger partial charge in [-0.25, -0.2) is 4.79 Å². The Bertz CT molecular complexity index is 468. The monoisotopic (exact) mass is 223 g/mol. The number of nitrogens with zero attached hydrogens (tertiary/aromatic N) is 2. The summed E-state index contributed by atoms with van der Waals surface area (Å²) < 4.78 is 0.917. The minimum atomic E-state index is -0.542. The van der Waals surface area contributed by atoms with E-state index in [1.807, 2.05) is 0 Å². The Balaban J connectivity index is 2.17. The largest absolute Gasteiger partial charge is 0.341 e. The molecule has 0 radical (unpaired) electrons. The zero-order valence-corrected chi connectivity index (χ0v) is 8.81. The second kappa shape index (κ2) is 4.34. The first-order chi connectivity index (χ1) is 7.68. The molecule has 0 unspecified atom stereocenters. The summed E-state index contributed by atoms with van der Waals surface area (Å²) in [4.78, 5) is 38.5. The number of carbonyl (C=O) groups is 1. The number of hydrogen-bond donors (Lipinski definition) is 1. The Morgan fingerprint density at radius 2 is 2.00 bits per heavy atom. The molecule has 86 valence electrons. The van der Waals surface area contributed by atoms with Crippen molar-refractivity contribution in [2.24, 2.45) is 0 Å². The van der Waals surface area contributed by atoms with Crippen molar-refractivity contribution in [2.45, 2.75) is 19.4 Å². The van der Waals surface area contributed by atoms with Crippen LogP contribution in [0.2, 0.25) is 0 Å². The summed E-state index contributed by atoms with van der Waals surface area (Å²) in [5.41, 5.74) is -0.989. The van der Waals surface area contributed by atoms with Crippen LogP contribution >= 0.6 is 0 Å². The Morgan fingerprint density at radius 3 is 2.62 bits per heavy atom. The Morgan fingerprint density at radius 1 is 1.31 bits per heavy atom. The fraction of sp³-hybridized carbons (Fsp3) is 0.500. The van der Waals surface area contributed by atoms with Crippen LogP contribution in [0.4, 0.5) is 0 Å². The van der Waals surface area contributed by atoms with Crippen LogP contribution in [0.1, 0.15) is 12.8 Å².